The highest BCUT2D eigenvalue weighted by atomic mass is 35.5. The zero-order valence-corrected chi connectivity index (χ0v) is 8.75. The number of hydrogen-bond acceptors (Lipinski definition) is 4. The van der Waals surface area contributed by atoms with Gasteiger partial charge >= 0.3 is 0 Å². The first-order valence-electron chi connectivity index (χ1n) is 4.37. The summed E-state index contributed by atoms with van der Waals surface area (Å²) in [6.45, 7) is 1.92. The molecule has 78 valence electrons. The molecule has 0 saturated carbocycles. The highest BCUT2D eigenvalue weighted by molar-refractivity contribution is 6.30. The maximum Gasteiger partial charge on any atom is 0.129 e. The summed E-state index contributed by atoms with van der Waals surface area (Å²) in [5.74, 6) is 0.268. The Balaban J connectivity index is 3.22. The van der Waals surface area contributed by atoms with Crippen LogP contribution in [0.15, 0.2) is 12.3 Å². The molecule has 0 aliphatic rings. The van der Waals surface area contributed by atoms with E-state index in [4.69, 9.17) is 23.1 Å². The minimum Gasteiger partial charge on any atom is -0.384 e. The third kappa shape index (κ3) is 1.97. The molecule has 0 aliphatic heterocycles. The number of rotatable bonds is 3. The number of aliphatic hydroxyl groups is 1. The smallest absolute Gasteiger partial charge is 0.129 e. The van der Waals surface area contributed by atoms with E-state index in [1.807, 2.05) is 6.92 Å². The average Bonchev–Trinajstić information content (AvgIpc) is 2.20. The molecule has 0 saturated heterocycles. The zero-order chi connectivity index (χ0) is 10.8. The third-order valence-electron chi connectivity index (χ3n) is 2.31. The van der Waals surface area contributed by atoms with Crippen molar-refractivity contribution < 1.29 is 5.11 Å². The van der Waals surface area contributed by atoms with Crippen LogP contribution in [0, 0.1) is 0 Å². The van der Waals surface area contributed by atoms with E-state index in [0.717, 1.165) is 0 Å². The first-order valence-corrected chi connectivity index (χ1v) is 4.75. The van der Waals surface area contributed by atoms with Crippen LogP contribution in [-0.4, -0.2) is 16.6 Å². The normalized spacial score (nSPS) is 15.1. The topological polar surface area (TPSA) is 85.2 Å². The molecule has 0 aromatic carbocycles. The molecular weight excluding hydrogens is 202 g/mol. The zero-order valence-electron chi connectivity index (χ0n) is 8.00. The van der Waals surface area contributed by atoms with Crippen LogP contribution in [0.25, 0.3) is 0 Å². The molecule has 1 heterocycles. The second-order valence-electron chi connectivity index (χ2n) is 3.18. The van der Waals surface area contributed by atoms with Gasteiger partial charge in [-0.15, -0.1) is 0 Å². The van der Waals surface area contributed by atoms with Crippen molar-refractivity contribution >= 4 is 17.4 Å². The summed E-state index contributed by atoms with van der Waals surface area (Å²) in [6, 6.07) is 1.60. The number of anilines is 1. The summed E-state index contributed by atoms with van der Waals surface area (Å²) in [4.78, 5) is 3.87. The van der Waals surface area contributed by atoms with E-state index in [9.17, 15) is 5.11 Å². The van der Waals surface area contributed by atoms with Gasteiger partial charge in [-0.2, -0.15) is 0 Å². The maximum atomic E-state index is 10.1. The molecule has 0 bridgehead atoms. The molecular formula is C9H14ClN3O. The Bertz CT molecular complexity index is 326. The van der Waals surface area contributed by atoms with Gasteiger partial charge in [0.25, 0.3) is 0 Å². The minimum absolute atomic E-state index is 0.0930. The molecule has 1 unspecified atom stereocenters. The van der Waals surface area contributed by atoms with E-state index in [2.05, 4.69) is 4.98 Å². The molecule has 1 atom stereocenters. The summed E-state index contributed by atoms with van der Waals surface area (Å²) in [6.07, 6.45) is 1.91. The van der Waals surface area contributed by atoms with E-state index in [-0.39, 0.29) is 12.4 Å². The van der Waals surface area contributed by atoms with Crippen molar-refractivity contribution in [2.24, 2.45) is 5.73 Å². The van der Waals surface area contributed by atoms with Gasteiger partial charge in [0.1, 0.15) is 11.4 Å². The third-order valence-corrected chi connectivity index (χ3v) is 2.52. The number of aromatic nitrogens is 1. The van der Waals surface area contributed by atoms with Crippen LogP contribution in [0.3, 0.4) is 0 Å². The molecule has 5 N–H and O–H groups in total. The van der Waals surface area contributed by atoms with E-state index in [1.165, 1.54) is 6.20 Å². The van der Waals surface area contributed by atoms with E-state index in [0.29, 0.717) is 17.0 Å². The lowest BCUT2D eigenvalue weighted by atomic mass is 9.92. The fourth-order valence-corrected chi connectivity index (χ4v) is 1.43. The van der Waals surface area contributed by atoms with Crippen molar-refractivity contribution in [1.82, 2.24) is 4.98 Å². The van der Waals surface area contributed by atoms with Crippen LogP contribution in [0.2, 0.25) is 5.02 Å². The Morgan fingerprint density at radius 3 is 2.79 bits per heavy atom. The van der Waals surface area contributed by atoms with Crippen LogP contribution < -0.4 is 11.5 Å². The second kappa shape index (κ2) is 4.13. The molecule has 1 aromatic rings. The number of nitrogens with zero attached hydrogens (tertiary/aromatic N) is 1. The highest BCUT2D eigenvalue weighted by Crippen LogP contribution is 2.29. The van der Waals surface area contributed by atoms with Gasteiger partial charge in [-0.3, -0.25) is 0 Å². The molecule has 14 heavy (non-hydrogen) atoms. The lowest BCUT2D eigenvalue weighted by Gasteiger charge is -2.26. The van der Waals surface area contributed by atoms with Crippen molar-refractivity contribution in [3.8, 4) is 0 Å². The monoisotopic (exact) mass is 215 g/mol. The Hall–Kier alpha value is -0.840. The van der Waals surface area contributed by atoms with Crippen molar-refractivity contribution in [2.75, 3.05) is 12.3 Å². The van der Waals surface area contributed by atoms with Crippen LogP contribution in [0.4, 0.5) is 5.82 Å². The van der Waals surface area contributed by atoms with Gasteiger partial charge in [-0.25, -0.2) is 4.98 Å². The fraction of sp³-hybridized carbons (Fsp3) is 0.444. The molecule has 0 aliphatic carbocycles. The number of nitrogen functional groups attached to an aromatic ring is 1. The fourth-order valence-electron chi connectivity index (χ4n) is 1.27. The molecule has 0 fully saturated rings. The summed E-state index contributed by atoms with van der Waals surface area (Å²) in [5.41, 5.74) is 10.5. The SMILES string of the molecule is CCC(O)(CN)c1cc(Cl)cnc1N. The van der Waals surface area contributed by atoms with Gasteiger partial charge in [0.05, 0.1) is 5.02 Å². The van der Waals surface area contributed by atoms with E-state index in [1.54, 1.807) is 6.07 Å². The van der Waals surface area contributed by atoms with Gasteiger partial charge in [-0.05, 0) is 12.5 Å². The molecule has 1 aromatic heterocycles. The number of hydrogen-bond donors (Lipinski definition) is 3. The van der Waals surface area contributed by atoms with E-state index < -0.39 is 5.60 Å². The van der Waals surface area contributed by atoms with Crippen LogP contribution in [0.5, 0.6) is 0 Å². The second-order valence-corrected chi connectivity index (χ2v) is 3.61. The Morgan fingerprint density at radius 2 is 2.29 bits per heavy atom. The lowest BCUT2D eigenvalue weighted by molar-refractivity contribution is 0.0423. The van der Waals surface area contributed by atoms with Crippen LogP contribution in [-0.2, 0) is 5.60 Å². The average molecular weight is 216 g/mol. The number of halogens is 1. The van der Waals surface area contributed by atoms with Gasteiger partial charge < -0.3 is 16.6 Å². The Morgan fingerprint density at radius 1 is 1.64 bits per heavy atom. The molecule has 0 spiro atoms. The summed E-state index contributed by atoms with van der Waals surface area (Å²) in [5, 5.41) is 10.5. The quantitative estimate of drug-likeness (QED) is 0.699. The number of nitrogens with two attached hydrogens (primary N) is 2. The summed E-state index contributed by atoms with van der Waals surface area (Å²) >= 11 is 5.77. The predicted octanol–water partition coefficient (Wildman–Crippen LogP) is 0.873. The van der Waals surface area contributed by atoms with Crippen LogP contribution in [0.1, 0.15) is 18.9 Å². The first kappa shape index (κ1) is 11.2. The van der Waals surface area contributed by atoms with Crippen molar-refractivity contribution in [2.45, 2.75) is 18.9 Å². The van der Waals surface area contributed by atoms with Gasteiger partial charge in [0.15, 0.2) is 0 Å². The molecule has 0 radical (unpaired) electrons. The molecule has 5 heteroatoms. The van der Waals surface area contributed by atoms with E-state index >= 15 is 0 Å². The number of pyridine rings is 1. The Labute approximate surface area is 87.9 Å². The maximum absolute atomic E-state index is 10.1. The molecule has 0 amide bonds. The van der Waals surface area contributed by atoms with Crippen molar-refractivity contribution in [1.29, 1.82) is 0 Å². The van der Waals surface area contributed by atoms with Crippen molar-refractivity contribution in [3.63, 3.8) is 0 Å². The molecule has 1 rings (SSSR count). The standard InChI is InChI=1S/C9H14ClN3O/c1-2-9(14,5-11)7-3-6(10)4-13-8(7)12/h3-4,14H,2,5,11H2,1H3,(H2,12,13). The van der Waals surface area contributed by atoms with Gasteiger partial charge in [0, 0.05) is 18.3 Å². The Kier molecular flexibility index (Phi) is 3.31. The predicted molar refractivity (Wildman–Crippen MR) is 56.9 cm³/mol. The van der Waals surface area contributed by atoms with Crippen molar-refractivity contribution in [3.05, 3.63) is 22.8 Å². The minimum atomic E-state index is -1.14. The van der Waals surface area contributed by atoms with Gasteiger partial charge in [-0.1, -0.05) is 18.5 Å². The summed E-state index contributed by atoms with van der Waals surface area (Å²) in [7, 11) is 0. The highest BCUT2D eigenvalue weighted by Gasteiger charge is 2.28. The van der Waals surface area contributed by atoms with Crippen LogP contribution >= 0.6 is 11.6 Å². The first-order chi connectivity index (χ1) is 6.53. The summed E-state index contributed by atoms with van der Waals surface area (Å²) < 4.78 is 0. The largest absolute Gasteiger partial charge is 0.384 e. The van der Waals surface area contributed by atoms with Gasteiger partial charge in [0.2, 0.25) is 0 Å². The lowest BCUT2D eigenvalue weighted by Crippen LogP contribution is -2.35. The molecule has 4 nitrogen and oxygen atoms in total.